The fraction of sp³-hybridized carbons (Fsp3) is 0.636. The highest BCUT2D eigenvalue weighted by atomic mass is 15.6. The summed E-state index contributed by atoms with van der Waals surface area (Å²) in [6.07, 6.45) is 3.79. The lowest BCUT2D eigenvalue weighted by atomic mass is 9.96. The Morgan fingerprint density at radius 1 is 1.33 bits per heavy atom. The van der Waals surface area contributed by atoms with E-state index in [0.29, 0.717) is 17.5 Å². The van der Waals surface area contributed by atoms with Gasteiger partial charge in [0.25, 0.3) is 0 Å². The molecule has 2 unspecified atom stereocenters. The van der Waals surface area contributed by atoms with E-state index in [2.05, 4.69) is 25.9 Å². The number of hydrogen-bond acceptors (Lipinski definition) is 6. The first-order valence-corrected chi connectivity index (χ1v) is 6.36. The van der Waals surface area contributed by atoms with Gasteiger partial charge in [-0.3, -0.25) is 0 Å². The molecule has 0 saturated heterocycles. The van der Waals surface area contributed by atoms with Crippen LogP contribution in [0.5, 0.6) is 0 Å². The van der Waals surface area contributed by atoms with Crippen molar-refractivity contribution in [3.05, 3.63) is 12.1 Å². The summed E-state index contributed by atoms with van der Waals surface area (Å²) in [5.41, 5.74) is 6.43. The molecule has 2 atom stereocenters. The van der Waals surface area contributed by atoms with Gasteiger partial charge < -0.3 is 11.1 Å². The van der Waals surface area contributed by atoms with Crippen LogP contribution < -0.4 is 11.1 Å². The zero-order valence-corrected chi connectivity index (χ0v) is 10.2. The molecular weight excluding hydrogens is 230 g/mol. The fourth-order valence-electron chi connectivity index (χ4n) is 2.67. The van der Waals surface area contributed by atoms with Crippen LogP contribution in [-0.4, -0.2) is 38.3 Å². The van der Waals surface area contributed by atoms with Crippen LogP contribution in [0.2, 0.25) is 0 Å². The minimum Gasteiger partial charge on any atom is -0.368 e. The van der Waals surface area contributed by atoms with Crippen molar-refractivity contribution in [3.8, 4) is 0 Å². The molecule has 0 radical (unpaired) electrons. The molecule has 7 nitrogen and oxygen atoms in total. The molecule has 1 aliphatic rings. The fourth-order valence-corrected chi connectivity index (χ4v) is 2.67. The van der Waals surface area contributed by atoms with Gasteiger partial charge in [-0.05, 0) is 53.8 Å². The third-order valence-corrected chi connectivity index (χ3v) is 3.73. The van der Waals surface area contributed by atoms with Crippen LogP contribution in [0.1, 0.15) is 19.3 Å². The largest absolute Gasteiger partial charge is 0.368 e. The molecule has 3 rings (SSSR count). The van der Waals surface area contributed by atoms with Gasteiger partial charge in [-0.2, -0.15) is 0 Å². The second-order valence-electron chi connectivity index (χ2n) is 4.81. The highest BCUT2D eigenvalue weighted by molar-refractivity contribution is 5.42. The summed E-state index contributed by atoms with van der Waals surface area (Å²) >= 11 is 0. The van der Waals surface area contributed by atoms with Crippen LogP contribution in [0.25, 0.3) is 5.65 Å². The number of anilines is 1. The normalized spacial score (nSPS) is 23.6. The Morgan fingerprint density at radius 3 is 3.11 bits per heavy atom. The summed E-state index contributed by atoms with van der Waals surface area (Å²) < 4.78 is 1.43. The van der Waals surface area contributed by atoms with Crippen molar-refractivity contribution in [3.63, 3.8) is 0 Å². The van der Waals surface area contributed by atoms with Gasteiger partial charge in [-0.25, -0.2) is 0 Å². The summed E-state index contributed by atoms with van der Waals surface area (Å²) in [7, 11) is 0. The smallest absolute Gasteiger partial charge is 0.200 e. The van der Waals surface area contributed by atoms with Gasteiger partial charge in [0.2, 0.25) is 0 Å². The van der Waals surface area contributed by atoms with Crippen LogP contribution in [0.15, 0.2) is 12.1 Å². The van der Waals surface area contributed by atoms with Crippen molar-refractivity contribution < 1.29 is 0 Å². The molecular formula is C11H17N7. The summed E-state index contributed by atoms with van der Waals surface area (Å²) in [6, 6.07) is 3.75. The summed E-state index contributed by atoms with van der Waals surface area (Å²) in [4.78, 5) is 0. The molecule has 2 aromatic rings. The van der Waals surface area contributed by atoms with Crippen LogP contribution in [0.3, 0.4) is 0 Å². The zero-order valence-electron chi connectivity index (χ0n) is 10.2. The van der Waals surface area contributed by atoms with Gasteiger partial charge in [0.05, 0.1) is 0 Å². The molecule has 1 saturated carbocycles. The van der Waals surface area contributed by atoms with E-state index in [0.717, 1.165) is 18.9 Å². The van der Waals surface area contributed by atoms with E-state index >= 15 is 0 Å². The standard InChI is InChI=1S/C11H17N7/c12-6-8-2-1-3-9(8)7-13-10-4-5-11-14-16-17-18(11)15-10/h4-5,8-9H,1-3,6-7,12H2,(H,13,15). The Hall–Kier alpha value is -1.76. The molecule has 2 heterocycles. The van der Waals surface area contributed by atoms with Crippen LogP contribution in [0.4, 0.5) is 5.82 Å². The third-order valence-electron chi connectivity index (χ3n) is 3.73. The SMILES string of the molecule is NCC1CCCC1CNc1ccc2nnnn2n1. The molecule has 18 heavy (non-hydrogen) atoms. The van der Waals surface area contributed by atoms with Crippen molar-refractivity contribution in [2.24, 2.45) is 17.6 Å². The Labute approximate surface area is 105 Å². The van der Waals surface area contributed by atoms with E-state index in [9.17, 15) is 0 Å². The minimum atomic E-state index is 0.647. The van der Waals surface area contributed by atoms with E-state index in [1.165, 1.54) is 23.9 Å². The van der Waals surface area contributed by atoms with Gasteiger partial charge in [-0.1, -0.05) is 6.42 Å². The first kappa shape index (κ1) is 11.3. The van der Waals surface area contributed by atoms with Crippen molar-refractivity contribution in [1.29, 1.82) is 0 Å². The predicted molar refractivity (Wildman–Crippen MR) is 67.0 cm³/mol. The maximum Gasteiger partial charge on any atom is 0.200 e. The molecule has 0 aromatic carbocycles. The highest BCUT2D eigenvalue weighted by Gasteiger charge is 2.25. The van der Waals surface area contributed by atoms with Crippen LogP contribution in [0, 0.1) is 11.8 Å². The lowest BCUT2D eigenvalue weighted by molar-refractivity contribution is 0.414. The quantitative estimate of drug-likeness (QED) is 0.807. The number of hydrogen-bond donors (Lipinski definition) is 2. The lowest BCUT2D eigenvalue weighted by Gasteiger charge is -2.18. The Balaban J connectivity index is 1.65. The molecule has 1 fully saturated rings. The second kappa shape index (κ2) is 4.85. The van der Waals surface area contributed by atoms with E-state index < -0.39 is 0 Å². The maximum atomic E-state index is 5.78. The zero-order chi connectivity index (χ0) is 12.4. The summed E-state index contributed by atoms with van der Waals surface area (Å²) in [5, 5.41) is 18.8. The molecule has 7 heteroatoms. The lowest BCUT2D eigenvalue weighted by Crippen LogP contribution is -2.24. The van der Waals surface area contributed by atoms with Gasteiger partial charge in [0.15, 0.2) is 5.65 Å². The average molecular weight is 247 g/mol. The van der Waals surface area contributed by atoms with Gasteiger partial charge in [0, 0.05) is 6.54 Å². The van der Waals surface area contributed by atoms with Gasteiger partial charge in [-0.15, -0.1) is 14.8 Å². The predicted octanol–water partition coefficient (Wildman–Crippen LogP) is 0.306. The molecule has 0 amide bonds. The van der Waals surface area contributed by atoms with Gasteiger partial charge in [0.1, 0.15) is 5.82 Å². The molecule has 2 aromatic heterocycles. The number of rotatable bonds is 4. The van der Waals surface area contributed by atoms with Crippen molar-refractivity contribution in [2.45, 2.75) is 19.3 Å². The monoisotopic (exact) mass is 247 g/mol. The molecule has 96 valence electrons. The molecule has 1 aliphatic carbocycles. The average Bonchev–Trinajstić information content (AvgIpc) is 3.04. The number of tetrazole rings is 1. The molecule has 0 aliphatic heterocycles. The molecule has 3 N–H and O–H groups in total. The van der Waals surface area contributed by atoms with E-state index in [1.807, 2.05) is 12.1 Å². The topological polar surface area (TPSA) is 94.0 Å². The minimum absolute atomic E-state index is 0.647. The van der Waals surface area contributed by atoms with E-state index in [4.69, 9.17) is 5.73 Å². The van der Waals surface area contributed by atoms with Crippen molar-refractivity contribution >= 4 is 11.5 Å². The second-order valence-corrected chi connectivity index (χ2v) is 4.81. The Bertz CT molecular complexity index is 523. The summed E-state index contributed by atoms with van der Waals surface area (Å²) in [6.45, 7) is 1.70. The number of aromatic nitrogens is 5. The van der Waals surface area contributed by atoms with Gasteiger partial charge >= 0.3 is 0 Å². The number of fused-ring (bicyclic) bond motifs is 1. The first-order chi connectivity index (χ1) is 8.86. The van der Waals surface area contributed by atoms with Crippen molar-refractivity contribution in [2.75, 3.05) is 18.4 Å². The van der Waals surface area contributed by atoms with E-state index in [1.54, 1.807) is 0 Å². The molecule has 0 bridgehead atoms. The van der Waals surface area contributed by atoms with Crippen LogP contribution >= 0.6 is 0 Å². The number of nitrogens with zero attached hydrogens (tertiary/aromatic N) is 5. The molecule has 0 spiro atoms. The van der Waals surface area contributed by atoms with E-state index in [-0.39, 0.29) is 0 Å². The maximum absolute atomic E-state index is 5.78. The number of nitrogens with one attached hydrogen (secondary N) is 1. The van der Waals surface area contributed by atoms with Crippen molar-refractivity contribution in [1.82, 2.24) is 25.3 Å². The first-order valence-electron chi connectivity index (χ1n) is 6.36. The third kappa shape index (κ3) is 2.13. The number of nitrogens with two attached hydrogens (primary N) is 1. The highest BCUT2D eigenvalue weighted by Crippen LogP contribution is 2.30. The Kier molecular flexibility index (Phi) is 3.06. The van der Waals surface area contributed by atoms with Crippen LogP contribution in [-0.2, 0) is 0 Å². The summed E-state index contributed by atoms with van der Waals surface area (Å²) in [5.74, 6) is 2.10. The Morgan fingerprint density at radius 2 is 2.22 bits per heavy atom.